The molecule has 2 aromatic rings. The van der Waals surface area contributed by atoms with Crippen LogP contribution in [0.5, 0.6) is 11.5 Å². The Bertz CT molecular complexity index is 828. The van der Waals surface area contributed by atoms with E-state index in [1.165, 1.54) is 18.4 Å². The van der Waals surface area contributed by atoms with Crippen LogP contribution in [0.4, 0.5) is 5.00 Å². The van der Waals surface area contributed by atoms with Gasteiger partial charge >= 0.3 is 5.97 Å². The molecule has 7 heteroatoms. The minimum atomic E-state index is -0.409. The summed E-state index contributed by atoms with van der Waals surface area (Å²) in [6, 6.07) is 6.99. The highest BCUT2D eigenvalue weighted by molar-refractivity contribution is 7.17. The van der Waals surface area contributed by atoms with Gasteiger partial charge in [-0.3, -0.25) is 4.79 Å². The first-order chi connectivity index (χ1) is 13.0. The second-order valence-electron chi connectivity index (χ2n) is 6.56. The average molecular weight is 389 g/mol. The number of ether oxygens (including phenoxy) is 3. The Balaban J connectivity index is 1.70. The number of hydrogen-bond donors (Lipinski definition) is 1. The minimum Gasteiger partial charge on any atom is -0.497 e. The van der Waals surface area contributed by atoms with Crippen molar-refractivity contribution in [3.63, 3.8) is 0 Å². The van der Waals surface area contributed by atoms with E-state index in [1.54, 1.807) is 31.4 Å². The Morgan fingerprint density at radius 2 is 1.89 bits per heavy atom. The molecule has 0 radical (unpaired) electrons. The molecule has 1 atom stereocenters. The predicted molar refractivity (Wildman–Crippen MR) is 104 cm³/mol. The summed E-state index contributed by atoms with van der Waals surface area (Å²) in [5.74, 6) is 1.13. The van der Waals surface area contributed by atoms with E-state index in [0.717, 1.165) is 29.7 Å². The predicted octanol–water partition coefficient (Wildman–Crippen LogP) is 3.69. The number of nitrogens with one attached hydrogen (secondary N) is 1. The van der Waals surface area contributed by atoms with Crippen LogP contribution >= 0.6 is 11.3 Å². The summed E-state index contributed by atoms with van der Waals surface area (Å²) in [6.07, 6.45) is 2.78. The van der Waals surface area contributed by atoms with Gasteiger partial charge in [-0.05, 0) is 55.0 Å². The second-order valence-corrected chi connectivity index (χ2v) is 7.67. The smallest absolute Gasteiger partial charge is 0.341 e. The molecule has 1 heterocycles. The first-order valence-electron chi connectivity index (χ1n) is 8.81. The number of rotatable bonds is 6. The highest BCUT2D eigenvalue weighted by Gasteiger charge is 2.28. The van der Waals surface area contributed by atoms with Crippen molar-refractivity contribution in [1.29, 1.82) is 0 Å². The third kappa shape index (κ3) is 4.42. The summed E-state index contributed by atoms with van der Waals surface area (Å²) in [5, 5.41) is 3.37. The van der Waals surface area contributed by atoms with E-state index in [9.17, 15) is 9.59 Å². The molecule has 0 saturated carbocycles. The normalized spacial score (nSPS) is 15.6. The number of fused-ring (bicyclic) bond motifs is 1. The van der Waals surface area contributed by atoms with E-state index in [2.05, 4.69) is 12.2 Å². The van der Waals surface area contributed by atoms with Crippen LogP contribution in [0.25, 0.3) is 0 Å². The monoisotopic (exact) mass is 389 g/mol. The van der Waals surface area contributed by atoms with Crippen LogP contribution in [0.2, 0.25) is 0 Å². The van der Waals surface area contributed by atoms with Gasteiger partial charge in [-0.25, -0.2) is 4.79 Å². The van der Waals surface area contributed by atoms with E-state index in [-0.39, 0.29) is 12.5 Å². The van der Waals surface area contributed by atoms with Crippen LogP contribution in [0.15, 0.2) is 24.3 Å². The number of esters is 1. The molecule has 1 aliphatic carbocycles. The van der Waals surface area contributed by atoms with Crippen molar-refractivity contribution in [1.82, 2.24) is 0 Å². The lowest BCUT2D eigenvalue weighted by atomic mass is 9.88. The topological polar surface area (TPSA) is 73.9 Å². The van der Waals surface area contributed by atoms with Crippen LogP contribution < -0.4 is 14.8 Å². The van der Waals surface area contributed by atoms with Gasteiger partial charge in [0.15, 0.2) is 6.61 Å². The fourth-order valence-electron chi connectivity index (χ4n) is 3.14. The standard InChI is InChI=1S/C20H23NO5S/c1-12-4-9-15-16(10-12)27-19(18(15)20(23)25-3)21-17(22)11-26-14-7-5-13(24-2)6-8-14/h5-8,12H,4,9-11H2,1-3H3,(H,21,22)/t12-/m0/s1. The van der Waals surface area contributed by atoms with Crippen molar-refractivity contribution < 1.29 is 23.8 Å². The highest BCUT2D eigenvalue weighted by atomic mass is 32.1. The van der Waals surface area contributed by atoms with Gasteiger partial charge in [-0.15, -0.1) is 11.3 Å². The molecule has 0 unspecified atom stereocenters. The molecule has 0 saturated heterocycles. The Kier molecular flexibility index (Phi) is 6.01. The molecular formula is C20H23NO5S. The maximum atomic E-state index is 12.3. The zero-order valence-corrected chi connectivity index (χ0v) is 16.5. The highest BCUT2D eigenvalue weighted by Crippen LogP contribution is 2.40. The second kappa shape index (κ2) is 8.43. The van der Waals surface area contributed by atoms with Gasteiger partial charge in [0, 0.05) is 4.88 Å². The summed E-state index contributed by atoms with van der Waals surface area (Å²) in [5.41, 5.74) is 1.50. The van der Waals surface area contributed by atoms with Gasteiger partial charge in [0.25, 0.3) is 5.91 Å². The third-order valence-corrected chi connectivity index (χ3v) is 5.75. The molecule has 3 rings (SSSR count). The maximum Gasteiger partial charge on any atom is 0.341 e. The molecule has 6 nitrogen and oxygen atoms in total. The van der Waals surface area contributed by atoms with Crippen molar-refractivity contribution in [3.8, 4) is 11.5 Å². The lowest BCUT2D eigenvalue weighted by molar-refractivity contribution is -0.118. The quantitative estimate of drug-likeness (QED) is 0.763. The minimum absolute atomic E-state index is 0.147. The molecule has 0 fully saturated rings. The van der Waals surface area contributed by atoms with E-state index >= 15 is 0 Å². The molecule has 0 spiro atoms. The molecule has 1 aliphatic rings. The van der Waals surface area contributed by atoms with Gasteiger partial charge in [0.05, 0.1) is 19.8 Å². The lowest BCUT2D eigenvalue weighted by Crippen LogP contribution is -2.21. The fraction of sp³-hybridized carbons (Fsp3) is 0.400. The number of carbonyl (C=O) groups is 2. The van der Waals surface area contributed by atoms with Crippen LogP contribution in [0.1, 0.15) is 34.1 Å². The van der Waals surface area contributed by atoms with E-state index in [0.29, 0.717) is 28.0 Å². The maximum absolute atomic E-state index is 12.3. The van der Waals surface area contributed by atoms with E-state index in [4.69, 9.17) is 14.2 Å². The summed E-state index contributed by atoms with van der Waals surface area (Å²) < 4.78 is 15.5. The Labute approximate surface area is 162 Å². The van der Waals surface area contributed by atoms with Gasteiger partial charge in [-0.1, -0.05) is 6.92 Å². The Morgan fingerprint density at radius 1 is 1.19 bits per heavy atom. The number of hydrogen-bond acceptors (Lipinski definition) is 6. The molecule has 27 heavy (non-hydrogen) atoms. The SMILES string of the molecule is COC(=O)c1c(NC(=O)COc2ccc(OC)cc2)sc2c1CC[C@H](C)C2. The summed E-state index contributed by atoms with van der Waals surface area (Å²) >= 11 is 1.46. The molecule has 1 aromatic carbocycles. The van der Waals surface area contributed by atoms with Gasteiger partial charge in [0.1, 0.15) is 16.5 Å². The number of benzene rings is 1. The first-order valence-corrected chi connectivity index (χ1v) is 9.63. The number of methoxy groups -OCH3 is 2. The molecule has 0 bridgehead atoms. The Morgan fingerprint density at radius 3 is 2.56 bits per heavy atom. The molecule has 144 valence electrons. The lowest BCUT2D eigenvalue weighted by Gasteiger charge is -2.18. The van der Waals surface area contributed by atoms with Crippen molar-refractivity contribution in [3.05, 3.63) is 40.3 Å². The largest absolute Gasteiger partial charge is 0.497 e. The van der Waals surface area contributed by atoms with Crippen molar-refractivity contribution in [2.45, 2.75) is 26.2 Å². The summed E-state index contributed by atoms with van der Waals surface area (Å²) in [4.78, 5) is 25.8. The van der Waals surface area contributed by atoms with Crippen LogP contribution in [0.3, 0.4) is 0 Å². The molecule has 1 amide bonds. The van der Waals surface area contributed by atoms with Crippen molar-refractivity contribution in [2.24, 2.45) is 5.92 Å². The van der Waals surface area contributed by atoms with E-state index in [1.807, 2.05) is 0 Å². The number of amides is 1. The average Bonchev–Trinajstić information content (AvgIpc) is 3.02. The Hall–Kier alpha value is -2.54. The van der Waals surface area contributed by atoms with Gasteiger partial charge in [0.2, 0.25) is 0 Å². The van der Waals surface area contributed by atoms with E-state index < -0.39 is 5.97 Å². The number of anilines is 1. The first kappa shape index (κ1) is 19.2. The molecular weight excluding hydrogens is 366 g/mol. The molecule has 0 aliphatic heterocycles. The van der Waals surface area contributed by atoms with Crippen LogP contribution in [-0.4, -0.2) is 32.7 Å². The van der Waals surface area contributed by atoms with Crippen LogP contribution in [0, 0.1) is 5.92 Å². The third-order valence-electron chi connectivity index (χ3n) is 4.58. The van der Waals surface area contributed by atoms with Crippen molar-refractivity contribution in [2.75, 3.05) is 26.1 Å². The fourth-order valence-corrected chi connectivity index (χ4v) is 4.56. The molecule has 1 aromatic heterocycles. The zero-order chi connectivity index (χ0) is 19.4. The summed E-state index contributed by atoms with van der Waals surface area (Å²) in [6.45, 7) is 2.05. The van der Waals surface area contributed by atoms with Gasteiger partial charge < -0.3 is 19.5 Å². The molecule has 1 N–H and O–H groups in total. The number of thiophene rings is 1. The van der Waals surface area contributed by atoms with Crippen LogP contribution in [-0.2, 0) is 22.4 Å². The zero-order valence-electron chi connectivity index (χ0n) is 15.7. The number of carbonyl (C=O) groups excluding carboxylic acids is 2. The van der Waals surface area contributed by atoms with Crippen molar-refractivity contribution >= 4 is 28.2 Å². The van der Waals surface area contributed by atoms with Gasteiger partial charge in [-0.2, -0.15) is 0 Å². The summed E-state index contributed by atoms with van der Waals surface area (Å²) in [7, 11) is 2.94.